The first-order valence-electron chi connectivity index (χ1n) is 10.4. The van der Waals surface area contributed by atoms with Gasteiger partial charge in [-0.15, -0.1) is 0 Å². The summed E-state index contributed by atoms with van der Waals surface area (Å²) < 4.78 is 11.3. The van der Waals surface area contributed by atoms with E-state index in [1.807, 2.05) is 6.92 Å². The van der Waals surface area contributed by atoms with E-state index in [-0.39, 0.29) is 22.8 Å². The molecule has 170 valence electrons. The molecule has 7 nitrogen and oxygen atoms in total. The van der Waals surface area contributed by atoms with E-state index in [9.17, 15) is 19.8 Å². The molecule has 0 saturated carbocycles. The highest BCUT2D eigenvalue weighted by Crippen LogP contribution is 2.42. The zero-order valence-electron chi connectivity index (χ0n) is 18.2. The Labute approximate surface area is 195 Å². The number of amides is 1. The monoisotopic (exact) mass is 503 g/mol. The molecule has 1 aliphatic heterocycles. The highest BCUT2D eigenvalue weighted by atomic mass is 79.9. The van der Waals surface area contributed by atoms with Crippen LogP contribution < -0.4 is 9.47 Å². The second-order valence-corrected chi connectivity index (χ2v) is 8.21. The van der Waals surface area contributed by atoms with Crippen molar-refractivity contribution in [3.05, 3.63) is 57.6 Å². The fourth-order valence-corrected chi connectivity index (χ4v) is 4.27. The number of aliphatic hydroxyl groups is 1. The number of rotatable bonds is 8. The average Bonchev–Trinajstić information content (AvgIpc) is 3.03. The molecule has 0 bridgehead atoms. The van der Waals surface area contributed by atoms with Gasteiger partial charge in [-0.05, 0) is 65.2 Å². The van der Waals surface area contributed by atoms with Gasteiger partial charge >= 0.3 is 0 Å². The van der Waals surface area contributed by atoms with E-state index >= 15 is 0 Å². The van der Waals surface area contributed by atoms with E-state index in [0.717, 1.165) is 6.42 Å². The van der Waals surface area contributed by atoms with E-state index in [1.54, 1.807) is 37.3 Å². The first kappa shape index (κ1) is 23.7. The van der Waals surface area contributed by atoms with Gasteiger partial charge in [0.15, 0.2) is 11.5 Å². The van der Waals surface area contributed by atoms with Crippen LogP contribution in [0, 0.1) is 0 Å². The number of methoxy groups -OCH3 is 1. The Morgan fingerprint density at radius 3 is 2.50 bits per heavy atom. The molecule has 32 heavy (non-hydrogen) atoms. The fourth-order valence-electron chi connectivity index (χ4n) is 3.73. The number of carbonyl (C=O) groups excluding carboxylic acids is 2. The molecule has 1 unspecified atom stereocenters. The number of benzene rings is 2. The number of unbranched alkanes of at least 4 members (excludes halogenated alkanes) is 1. The lowest BCUT2D eigenvalue weighted by atomic mass is 9.95. The number of halogens is 1. The standard InChI is InChI=1S/C24H26BrNO6/c1-4-6-11-26-21(14-7-9-17(27)19(13-14)32-5-2)20(23(29)24(26)30)22(28)15-8-10-18(31-3)16(25)12-15/h7-10,12-13,21,27-28H,4-6,11H2,1-3H3/b22-20-. The number of phenolic OH excluding ortho intramolecular Hbond substituents is 1. The molecular weight excluding hydrogens is 478 g/mol. The predicted molar refractivity (Wildman–Crippen MR) is 124 cm³/mol. The van der Waals surface area contributed by atoms with Crippen LogP contribution in [0.3, 0.4) is 0 Å². The Morgan fingerprint density at radius 1 is 1.12 bits per heavy atom. The molecule has 1 fully saturated rings. The van der Waals surface area contributed by atoms with E-state index in [0.29, 0.717) is 40.9 Å². The SMILES string of the molecule is CCCCN1C(=O)C(=O)/C(=C(\O)c2ccc(OC)c(Br)c2)C1c1ccc(O)c(OCC)c1. The summed E-state index contributed by atoms with van der Waals surface area (Å²) in [6.07, 6.45) is 1.54. The van der Waals surface area contributed by atoms with Gasteiger partial charge in [0.2, 0.25) is 0 Å². The molecular formula is C24H26BrNO6. The molecule has 1 saturated heterocycles. The summed E-state index contributed by atoms with van der Waals surface area (Å²) in [7, 11) is 1.53. The lowest BCUT2D eigenvalue weighted by Gasteiger charge is -2.25. The van der Waals surface area contributed by atoms with E-state index in [1.165, 1.54) is 18.1 Å². The zero-order chi connectivity index (χ0) is 23.4. The minimum atomic E-state index is -0.803. The molecule has 1 heterocycles. The van der Waals surface area contributed by atoms with Crippen LogP contribution in [0.2, 0.25) is 0 Å². The van der Waals surface area contributed by atoms with Gasteiger partial charge in [0.1, 0.15) is 11.5 Å². The van der Waals surface area contributed by atoms with Gasteiger partial charge in [-0.2, -0.15) is 0 Å². The molecule has 1 atom stereocenters. The van der Waals surface area contributed by atoms with Gasteiger partial charge in [0.05, 0.1) is 29.8 Å². The summed E-state index contributed by atoms with van der Waals surface area (Å²) in [6, 6.07) is 8.81. The van der Waals surface area contributed by atoms with Crippen molar-refractivity contribution in [1.29, 1.82) is 0 Å². The van der Waals surface area contributed by atoms with Crippen LogP contribution in [0.4, 0.5) is 0 Å². The maximum atomic E-state index is 13.0. The average molecular weight is 504 g/mol. The van der Waals surface area contributed by atoms with Crippen molar-refractivity contribution in [3.8, 4) is 17.2 Å². The third kappa shape index (κ3) is 4.46. The van der Waals surface area contributed by atoms with Gasteiger partial charge in [0, 0.05) is 12.1 Å². The number of hydrogen-bond acceptors (Lipinski definition) is 6. The molecule has 0 spiro atoms. The van der Waals surface area contributed by atoms with Crippen molar-refractivity contribution in [3.63, 3.8) is 0 Å². The van der Waals surface area contributed by atoms with Crippen LogP contribution in [0.25, 0.3) is 5.76 Å². The molecule has 0 aromatic heterocycles. The van der Waals surface area contributed by atoms with Crippen molar-refractivity contribution in [2.45, 2.75) is 32.7 Å². The van der Waals surface area contributed by atoms with Crippen LogP contribution in [0.5, 0.6) is 17.2 Å². The number of Topliss-reactive ketones (excluding diaryl/α,β-unsaturated/α-hetero) is 1. The summed E-state index contributed by atoms with van der Waals surface area (Å²) in [5, 5.41) is 21.2. The topological polar surface area (TPSA) is 96.3 Å². The van der Waals surface area contributed by atoms with Crippen molar-refractivity contribution >= 4 is 33.4 Å². The molecule has 0 aliphatic carbocycles. The number of likely N-dealkylation sites (tertiary alicyclic amines) is 1. The number of carbonyl (C=O) groups is 2. The van der Waals surface area contributed by atoms with Gasteiger partial charge < -0.3 is 24.6 Å². The largest absolute Gasteiger partial charge is 0.507 e. The van der Waals surface area contributed by atoms with Gasteiger partial charge in [-0.25, -0.2) is 0 Å². The summed E-state index contributed by atoms with van der Waals surface area (Å²) in [5.74, 6) is -0.910. The molecule has 1 aliphatic rings. The number of aromatic hydroxyl groups is 1. The zero-order valence-corrected chi connectivity index (χ0v) is 19.8. The number of phenols is 1. The Hall–Kier alpha value is -3.00. The first-order chi connectivity index (χ1) is 15.3. The molecule has 2 aromatic rings. The lowest BCUT2D eigenvalue weighted by Crippen LogP contribution is -2.30. The normalized spacial score (nSPS) is 17.6. The summed E-state index contributed by atoms with van der Waals surface area (Å²) in [5.41, 5.74) is 0.937. The smallest absolute Gasteiger partial charge is 0.295 e. The minimum Gasteiger partial charge on any atom is -0.507 e. The van der Waals surface area contributed by atoms with Crippen LogP contribution in [0.1, 0.15) is 43.9 Å². The number of hydrogen-bond donors (Lipinski definition) is 2. The molecule has 3 rings (SSSR count). The Bertz CT molecular complexity index is 1060. The van der Waals surface area contributed by atoms with Crippen LogP contribution in [0.15, 0.2) is 46.4 Å². The second kappa shape index (κ2) is 10.1. The Kier molecular flexibility index (Phi) is 7.45. The number of aliphatic hydroxyl groups excluding tert-OH is 1. The van der Waals surface area contributed by atoms with Crippen LogP contribution in [-0.4, -0.2) is 47.1 Å². The summed E-state index contributed by atoms with van der Waals surface area (Å²) >= 11 is 3.39. The van der Waals surface area contributed by atoms with Crippen molar-refractivity contribution in [2.75, 3.05) is 20.3 Å². The quantitative estimate of drug-likeness (QED) is 0.305. The summed E-state index contributed by atoms with van der Waals surface area (Å²) in [4.78, 5) is 27.4. The van der Waals surface area contributed by atoms with Crippen molar-refractivity contribution in [2.24, 2.45) is 0 Å². The summed E-state index contributed by atoms with van der Waals surface area (Å²) in [6.45, 7) is 4.49. The van der Waals surface area contributed by atoms with E-state index in [2.05, 4.69) is 15.9 Å². The van der Waals surface area contributed by atoms with Gasteiger partial charge in [-0.1, -0.05) is 19.4 Å². The molecule has 2 aromatic carbocycles. The predicted octanol–water partition coefficient (Wildman–Crippen LogP) is 4.78. The number of nitrogens with zero attached hydrogens (tertiary/aromatic N) is 1. The van der Waals surface area contributed by atoms with E-state index in [4.69, 9.17) is 9.47 Å². The Morgan fingerprint density at radius 2 is 1.88 bits per heavy atom. The highest BCUT2D eigenvalue weighted by Gasteiger charge is 2.46. The number of ketones is 1. The van der Waals surface area contributed by atoms with Crippen molar-refractivity contribution < 1.29 is 29.3 Å². The Balaban J connectivity index is 2.19. The van der Waals surface area contributed by atoms with Gasteiger partial charge in [0.25, 0.3) is 11.7 Å². The maximum absolute atomic E-state index is 13.0. The van der Waals surface area contributed by atoms with Crippen molar-refractivity contribution in [1.82, 2.24) is 4.90 Å². The molecule has 0 radical (unpaired) electrons. The molecule has 8 heteroatoms. The first-order valence-corrected chi connectivity index (χ1v) is 11.2. The molecule has 2 N–H and O–H groups in total. The fraction of sp³-hybridized carbons (Fsp3) is 0.333. The second-order valence-electron chi connectivity index (χ2n) is 7.36. The minimum absolute atomic E-state index is 0.00342. The maximum Gasteiger partial charge on any atom is 0.295 e. The third-order valence-corrected chi connectivity index (χ3v) is 5.94. The molecule has 1 amide bonds. The lowest BCUT2D eigenvalue weighted by molar-refractivity contribution is -0.139. The van der Waals surface area contributed by atoms with E-state index < -0.39 is 17.7 Å². The van der Waals surface area contributed by atoms with Crippen LogP contribution in [-0.2, 0) is 9.59 Å². The number of ether oxygens (including phenoxy) is 2. The van der Waals surface area contributed by atoms with Gasteiger partial charge in [-0.3, -0.25) is 9.59 Å². The van der Waals surface area contributed by atoms with Crippen LogP contribution >= 0.6 is 15.9 Å². The third-order valence-electron chi connectivity index (χ3n) is 5.32. The highest BCUT2D eigenvalue weighted by molar-refractivity contribution is 9.10.